The summed E-state index contributed by atoms with van der Waals surface area (Å²) in [5.74, 6) is 0.00282. The van der Waals surface area contributed by atoms with E-state index in [1.54, 1.807) is 28.8 Å². The van der Waals surface area contributed by atoms with Crippen LogP contribution < -0.4 is 10.5 Å². The number of anilines is 1. The Hall–Kier alpha value is -2.57. The zero-order chi connectivity index (χ0) is 21.4. The molecule has 154 valence electrons. The summed E-state index contributed by atoms with van der Waals surface area (Å²) in [4.78, 5) is 32.9. The zero-order valence-electron chi connectivity index (χ0n) is 16.8. The van der Waals surface area contributed by atoms with E-state index < -0.39 is 5.25 Å². The highest BCUT2D eigenvalue weighted by Gasteiger charge is 2.34. The Balaban J connectivity index is 1.69. The third-order valence-electron chi connectivity index (χ3n) is 5.27. The molecular formula is C23H22ClN3O2S. The van der Waals surface area contributed by atoms with E-state index in [4.69, 9.17) is 11.6 Å². The summed E-state index contributed by atoms with van der Waals surface area (Å²) < 4.78 is 1.55. The van der Waals surface area contributed by atoms with Crippen molar-refractivity contribution in [2.75, 3.05) is 4.90 Å². The lowest BCUT2D eigenvalue weighted by Gasteiger charge is -2.26. The Morgan fingerprint density at radius 3 is 2.90 bits per heavy atom. The third-order valence-corrected chi connectivity index (χ3v) is 6.58. The molecule has 0 unspecified atom stereocenters. The molecular weight excluding hydrogens is 418 g/mol. The van der Waals surface area contributed by atoms with Gasteiger partial charge in [0.05, 0.1) is 16.2 Å². The second-order valence-corrected chi connectivity index (χ2v) is 9.15. The van der Waals surface area contributed by atoms with Crippen LogP contribution >= 0.6 is 23.4 Å². The standard InChI is InChI=1S/C23H22ClN3O2S/c1-4-11-26-22(29)18-10-9-17(24)13-19(18)25-23(26)30-15(3)21(28)27-14(2)12-16-7-5-6-8-20(16)27/h4-10,13-15H,1,11-12H2,2-3H3/t14-,15+/m0/s1. The number of allylic oxidation sites excluding steroid dienone is 1. The molecule has 1 aliphatic heterocycles. The fraction of sp³-hybridized carbons (Fsp3) is 0.261. The molecule has 2 aromatic carbocycles. The van der Waals surface area contributed by atoms with Gasteiger partial charge in [0.2, 0.25) is 5.91 Å². The van der Waals surface area contributed by atoms with Crippen molar-refractivity contribution in [1.29, 1.82) is 0 Å². The second-order valence-electron chi connectivity index (χ2n) is 7.41. The molecule has 4 rings (SSSR count). The van der Waals surface area contributed by atoms with Crippen LogP contribution in [0.15, 0.2) is 65.1 Å². The number of aromatic nitrogens is 2. The third kappa shape index (κ3) is 3.66. The summed E-state index contributed by atoms with van der Waals surface area (Å²) in [6.07, 6.45) is 2.49. The van der Waals surface area contributed by atoms with Gasteiger partial charge in [-0.25, -0.2) is 4.98 Å². The molecule has 0 N–H and O–H groups in total. The summed E-state index contributed by atoms with van der Waals surface area (Å²) in [6, 6.07) is 13.1. The summed E-state index contributed by atoms with van der Waals surface area (Å²) in [7, 11) is 0. The van der Waals surface area contributed by atoms with Crippen LogP contribution in [-0.2, 0) is 17.8 Å². The second kappa shape index (κ2) is 8.28. The van der Waals surface area contributed by atoms with Gasteiger partial charge in [-0.15, -0.1) is 6.58 Å². The van der Waals surface area contributed by atoms with Crippen molar-refractivity contribution in [3.63, 3.8) is 0 Å². The molecule has 0 aliphatic carbocycles. The number of carbonyl (C=O) groups excluding carboxylic acids is 1. The predicted molar refractivity (Wildman–Crippen MR) is 124 cm³/mol. The number of carbonyl (C=O) groups is 1. The number of hydrogen-bond acceptors (Lipinski definition) is 4. The molecule has 0 bridgehead atoms. The quantitative estimate of drug-likeness (QED) is 0.328. The molecule has 3 aromatic rings. The largest absolute Gasteiger partial charge is 0.308 e. The average molecular weight is 440 g/mol. The van der Waals surface area contributed by atoms with Gasteiger partial charge in [-0.1, -0.05) is 47.6 Å². The highest BCUT2D eigenvalue weighted by Crippen LogP contribution is 2.34. The molecule has 7 heteroatoms. The van der Waals surface area contributed by atoms with Gasteiger partial charge in [-0.2, -0.15) is 0 Å². The Bertz CT molecular complexity index is 1210. The molecule has 5 nitrogen and oxygen atoms in total. The number of nitrogens with zero attached hydrogens (tertiary/aromatic N) is 3. The van der Waals surface area contributed by atoms with Gasteiger partial charge in [0.15, 0.2) is 5.16 Å². The molecule has 1 aromatic heterocycles. The van der Waals surface area contributed by atoms with Crippen molar-refractivity contribution in [3.8, 4) is 0 Å². The summed E-state index contributed by atoms with van der Waals surface area (Å²) in [5.41, 5.74) is 2.50. The molecule has 2 atom stereocenters. The number of thioether (sulfide) groups is 1. The predicted octanol–water partition coefficient (Wildman–Crippen LogP) is 4.69. The van der Waals surface area contributed by atoms with Crippen LogP contribution in [0.5, 0.6) is 0 Å². The van der Waals surface area contributed by atoms with Gasteiger partial charge >= 0.3 is 0 Å². The van der Waals surface area contributed by atoms with E-state index in [0.717, 1.165) is 12.1 Å². The molecule has 30 heavy (non-hydrogen) atoms. The lowest BCUT2D eigenvalue weighted by Crippen LogP contribution is -2.40. The highest BCUT2D eigenvalue weighted by molar-refractivity contribution is 8.00. The SMILES string of the molecule is C=CCn1c(S[C@H](C)C(=O)N2c3ccccc3C[C@@H]2C)nc2cc(Cl)ccc2c1=O. The molecule has 1 aliphatic rings. The molecule has 0 saturated heterocycles. The first-order valence-electron chi connectivity index (χ1n) is 9.79. The van der Waals surface area contributed by atoms with Crippen LogP contribution in [0.1, 0.15) is 19.4 Å². The van der Waals surface area contributed by atoms with Crippen LogP contribution in [0.2, 0.25) is 5.02 Å². The van der Waals surface area contributed by atoms with Gasteiger partial charge in [-0.3, -0.25) is 14.2 Å². The Morgan fingerprint density at radius 2 is 2.13 bits per heavy atom. The van der Waals surface area contributed by atoms with E-state index >= 15 is 0 Å². The number of halogens is 1. The maximum Gasteiger partial charge on any atom is 0.262 e. The lowest BCUT2D eigenvalue weighted by atomic mass is 10.1. The minimum absolute atomic E-state index is 0.00282. The van der Waals surface area contributed by atoms with Crippen LogP contribution in [-0.4, -0.2) is 26.8 Å². The van der Waals surface area contributed by atoms with E-state index in [-0.39, 0.29) is 17.5 Å². The van der Waals surface area contributed by atoms with Crippen molar-refractivity contribution < 1.29 is 4.79 Å². The van der Waals surface area contributed by atoms with Crippen LogP contribution in [0.3, 0.4) is 0 Å². The zero-order valence-corrected chi connectivity index (χ0v) is 18.4. The van der Waals surface area contributed by atoms with Gasteiger partial charge in [0.1, 0.15) is 0 Å². The number of fused-ring (bicyclic) bond motifs is 2. The molecule has 0 radical (unpaired) electrons. The molecule has 0 spiro atoms. The fourth-order valence-corrected chi connectivity index (χ4v) is 4.99. The molecule has 1 amide bonds. The first-order valence-corrected chi connectivity index (χ1v) is 11.0. The van der Waals surface area contributed by atoms with Crippen molar-refractivity contribution in [3.05, 3.63) is 76.1 Å². The van der Waals surface area contributed by atoms with E-state index in [9.17, 15) is 9.59 Å². The number of benzene rings is 2. The van der Waals surface area contributed by atoms with E-state index in [0.29, 0.717) is 27.6 Å². The van der Waals surface area contributed by atoms with Crippen LogP contribution in [0.4, 0.5) is 5.69 Å². The summed E-state index contributed by atoms with van der Waals surface area (Å²) in [6.45, 7) is 7.98. The lowest BCUT2D eigenvalue weighted by molar-refractivity contribution is -0.118. The van der Waals surface area contributed by atoms with Crippen LogP contribution in [0, 0.1) is 0 Å². The summed E-state index contributed by atoms with van der Waals surface area (Å²) >= 11 is 7.38. The maximum absolute atomic E-state index is 13.3. The average Bonchev–Trinajstić information content (AvgIpc) is 3.05. The van der Waals surface area contributed by atoms with Gasteiger partial charge in [0.25, 0.3) is 5.56 Å². The van der Waals surface area contributed by atoms with Crippen molar-refractivity contribution >= 4 is 45.9 Å². The normalized spacial score (nSPS) is 16.5. The monoisotopic (exact) mass is 439 g/mol. The molecule has 0 saturated carbocycles. The van der Waals surface area contributed by atoms with Gasteiger partial charge in [0, 0.05) is 23.3 Å². The maximum atomic E-state index is 13.3. The topological polar surface area (TPSA) is 55.2 Å². The Labute approximate surface area is 184 Å². The molecule has 0 fully saturated rings. The number of hydrogen-bond donors (Lipinski definition) is 0. The smallest absolute Gasteiger partial charge is 0.262 e. The van der Waals surface area contributed by atoms with Crippen molar-refractivity contribution in [2.24, 2.45) is 0 Å². The first kappa shape index (κ1) is 20.7. The van der Waals surface area contributed by atoms with Gasteiger partial charge in [-0.05, 0) is 50.1 Å². The summed E-state index contributed by atoms with van der Waals surface area (Å²) in [5, 5.41) is 1.07. The fourth-order valence-electron chi connectivity index (χ4n) is 3.86. The Morgan fingerprint density at radius 1 is 1.37 bits per heavy atom. The van der Waals surface area contributed by atoms with Crippen LogP contribution in [0.25, 0.3) is 10.9 Å². The van der Waals surface area contributed by atoms with E-state index in [2.05, 4.69) is 24.6 Å². The number of amides is 1. The molecule has 2 heterocycles. The minimum atomic E-state index is -0.418. The van der Waals surface area contributed by atoms with E-state index in [1.807, 2.05) is 30.0 Å². The van der Waals surface area contributed by atoms with E-state index in [1.165, 1.54) is 17.3 Å². The van der Waals surface area contributed by atoms with Crippen molar-refractivity contribution in [1.82, 2.24) is 9.55 Å². The number of rotatable bonds is 5. The van der Waals surface area contributed by atoms with Gasteiger partial charge < -0.3 is 4.90 Å². The first-order chi connectivity index (χ1) is 14.4. The minimum Gasteiger partial charge on any atom is -0.308 e. The van der Waals surface area contributed by atoms with Crippen molar-refractivity contribution in [2.45, 2.75) is 43.3 Å². The highest BCUT2D eigenvalue weighted by atomic mass is 35.5. The Kier molecular flexibility index (Phi) is 5.71. The number of para-hydroxylation sites is 1.